The number of carbonyl (C=O) groups is 3. The smallest absolute Gasteiger partial charge is 0.198 e. The van der Waals surface area contributed by atoms with Crippen molar-refractivity contribution >= 4 is 17.3 Å². The minimum atomic E-state index is -2.47. The molecule has 17 nitrogen and oxygen atoms in total. The summed E-state index contributed by atoms with van der Waals surface area (Å²) in [7, 11) is 0. The molecule has 0 spiro atoms. The number of rotatable bonds is 7. The van der Waals surface area contributed by atoms with Crippen molar-refractivity contribution in [2.45, 2.75) is 189 Å². The first kappa shape index (κ1) is 43.6. The second-order valence-electron chi connectivity index (χ2n) is 17.9. The number of fused-ring (bicyclic) bond motifs is 3. The van der Waals surface area contributed by atoms with E-state index in [0.29, 0.717) is 12.8 Å². The van der Waals surface area contributed by atoms with Gasteiger partial charge in [0, 0.05) is 55.2 Å². The van der Waals surface area contributed by atoms with Gasteiger partial charge in [-0.15, -0.1) is 0 Å². The van der Waals surface area contributed by atoms with Crippen molar-refractivity contribution in [1.82, 2.24) is 0 Å². The summed E-state index contributed by atoms with van der Waals surface area (Å²) in [6, 6.07) is 2.78. The second-order valence-corrected chi connectivity index (χ2v) is 17.9. The molecule has 4 saturated heterocycles. The molecule has 1 aromatic carbocycles. The van der Waals surface area contributed by atoms with Crippen LogP contribution in [0, 0.1) is 0 Å². The zero-order chi connectivity index (χ0) is 43.2. The zero-order valence-corrected chi connectivity index (χ0v) is 34.3. The van der Waals surface area contributed by atoms with E-state index in [-0.39, 0.29) is 47.9 Å². The molecule has 5 fully saturated rings. The summed E-state index contributed by atoms with van der Waals surface area (Å²) in [4.78, 5) is 43.5. The average molecular weight is 845 g/mol. The van der Waals surface area contributed by atoms with Crippen LogP contribution in [0.2, 0.25) is 0 Å². The predicted octanol–water partition coefficient (Wildman–Crippen LogP) is 1.49. The van der Waals surface area contributed by atoms with E-state index >= 15 is 0 Å². The Morgan fingerprint density at radius 3 is 2.08 bits per heavy atom. The quantitative estimate of drug-likeness (QED) is 0.205. The Balaban J connectivity index is 1.03. The Morgan fingerprint density at radius 1 is 0.717 bits per heavy atom. The van der Waals surface area contributed by atoms with Crippen LogP contribution in [0.25, 0.3) is 0 Å². The van der Waals surface area contributed by atoms with Crippen LogP contribution >= 0.6 is 0 Å². The fourth-order valence-electron chi connectivity index (χ4n) is 10.1. The molecule has 7 N–H and O–H groups in total. The minimum Gasteiger partial charge on any atom is -0.507 e. The summed E-state index contributed by atoms with van der Waals surface area (Å²) < 4.78 is 42.7. The van der Waals surface area contributed by atoms with Gasteiger partial charge in [0.15, 0.2) is 41.8 Å². The van der Waals surface area contributed by atoms with E-state index in [9.17, 15) is 50.1 Å². The molecule has 330 valence electrons. The summed E-state index contributed by atoms with van der Waals surface area (Å²) >= 11 is 0. The number of Topliss-reactive ketones (excluding diaryl/α,β-unsaturated/α-hetero) is 3. The van der Waals surface area contributed by atoms with Gasteiger partial charge in [-0.2, -0.15) is 0 Å². The van der Waals surface area contributed by atoms with Gasteiger partial charge < -0.3 is 68.9 Å². The van der Waals surface area contributed by atoms with E-state index in [4.69, 9.17) is 33.2 Å². The van der Waals surface area contributed by atoms with Gasteiger partial charge in [0.1, 0.15) is 23.6 Å². The predicted molar refractivity (Wildman–Crippen MR) is 204 cm³/mol. The normalized spacial score (nSPS) is 45.9. The van der Waals surface area contributed by atoms with Gasteiger partial charge in [-0.05, 0) is 59.6 Å². The molecule has 17 heteroatoms. The molecular weight excluding hydrogens is 788 g/mol. The van der Waals surface area contributed by atoms with Gasteiger partial charge in [0.2, 0.25) is 0 Å². The fraction of sp³-hybridized carbons (Fsp3) is 0.698. The highest BCUT2D eigenvalue weighted by Crippen LogP contribution is 2.55. The number of phenolic OH excluding ortho intramolecular Hbond substituents is 1. The van der Waals surface area contributed by atoms with Crippen molar-refractivity contribution in [3.63, 3.8) is 0 Å². The number of aliphatic hydroxyl groups excluding tert-OH is 4. The minimum absolute atomic E-state index is 0.0307. The van der Waals surface area contributed by atoms with Crippen LogP contribution in [0.5, 0.6) is 5.75 Å². The molecule has 60 heavy (non-hydrogen) atoms. The molecule has 0 aromatic heterocycles. The van der Waals surface area contributed by atoms with Crippen molar-refractivity contribution in [2.75, 3.05) is 0 Å². The lowest BCUT2D eigenvalue weighted by molar-refractivity contribution is -0.306. The standard InChI is InChI=1S/C43H56O17/c1-18-25(44)8-10-32(55-18)60-43-30(46)16-41(5,52)17-42(43,53)13-12-24-35(43)40(51)23-7-6-22(38(49)34(23)39(24)50)28-15-29(37(48)21(4)54-28)59-31-11-9-27(19(2)56-31)58-33-14-26(45)36(47)20(3)57-33/h6-7,12-13,18-21,25-29,31-33,36-37,44-45,47-49,52-53H,8-11,14-17H2,1-5H3/t18-,19-,20+,21+,25-,26+,27-,28+,29+,31-,32-,33-,36+,37+,41+,42+,43-/m0/s1. The van der Waals surface area contributed by atoms with Crippen LogP contribution in [-0.4, -0.2) is 150 Å². The monoisotopic (exact) mass is 844 g/mol. The molecule has 3 aliphatic carbocycles. The van der Waals surface area contributed by atoms with Gasteiger partial charge in [-0.3, -0.25) is 14.4 Å². The van der Waals surface area contributed by atoms with Gasteiger partial charge in [-0.25, -0.2) is 0 Å². The van der Waals surface area contributed by atoms with E-state index in [0.717, 1.165) is 0 Å². The Hall–Kier alpha value is -3.01. The highest BCUT2D eigenvalue weighted by Gasteiger charge is 2.69. The molecule has 8 rings (SSSR count). The van der Waals surface area contributed by atoms with Crippen molar-refractivity contribution in [1.29, 1.82) is 0 Å². The number of ether oxygens (including phenoxy) is 7. The van der Waals surface area contributed by atoms with Crippen molar-refractivity contribution < 1.29 is 83.3 Å². The number of hydrogen-bond donors (Lipinski definition) is 7. The van der Waals surface area contributed by atoms with Gasteiger partial charge >= 0.3 is 0 Å². The molecule has 4 heterocycles. The number of benzene rings is 1. The van der Waals surface area contributed by atoms with Crippen LogP contribution in [0.3, 0.4) is 0 Å². The van der Waals surface area contributed by atoms with Gasteiger partial charge in [-0.1, -0.05) is 12.1 Å². The number of aliphatic hydroxyl groups is 6. The van der Waals surface area contributed by atoms with Crippen LogP contribution in [0.1, 0.15) is 118 Å². The Kier molecular flexibility index (Phi) is 11.6. The lowest BCUT2D eigenvalue weighted by atomic mass is 9.57. The molecule has 0 radical (unpaired) electrons. The highest BCUT2D eigenvalue weighted by atomic mass is 16.7. The van der Waals surface area contributed by atoms with E-state index in [1.165, 1.54) is 31.2 Å². The number of ketones is 3. The Morgan fingerprint density at radius 2 is 1.38 bits per heavy atom. The molecule has 0 bridgehead atoms. The van der Waals surface area contributed by atoms with E-state index in [2.05, 4.69) is 0 Å². The lowest BCUT2D eigenvalue weighted by Gasteiger charge is -2.55. The topological polar surface area (TPSA) is 257 Å². The Labute approximate surface area is 346 Å². The number of carbonyl (C=O) groups excluding carboxylic acids is 3. The summed E-state index contributed by atoms with van der Waals surface area (Å²) in [6.07, 6.45) is -8.39. The van der Waals surface area contributed by atoms with Crippen LogP contribution < -0.4 is 0 Å². The van der Waals surface area contributed by atoms with Crippen LogP contribution in [-0.2, 0) is 38.0 Å². The van der Waals surface area contributed by atoms with Gasteiger partial charge in [0.25, 0.3) is 0 Å². The van der Waals surface area contributed by atoms with Crippen LogP contribution in [0.4, 0.5) is 0 Å². The number of aromatic hydroxyl groups is 1. The average Bonchev–Trinajstić information content (AvgIpc) is 3.17. The van der Waals surface area contributed by atoms with Crippen molar-refractivity contribution in [2.24, 2.45) is 0 Å². The second kappa shape index (κ2) is 16.0. The molecular formula is C43H56O17. The number of allylic oxidation sites excluding steroid dienone is 2. The van der Waals surface area contributed by atoms with Crippen LogP contribution in [0.15, 0.2) is 35.4 Å². The summed E-state index contributed by atoms with van der Waals surface area (Å²) in [6.45, 7) is 8.11. The number of hydrogen-bond acceptors (Lipinski definition) is 17. The molecule has 0 unspecified atom stereocenters. The van der Waals surface area contributed by atoms with E-state index in [1.807, 2.05) is 6.92 Å². The maximum Gasteiger partial charge on any atom is 0.198 e. The third-order valence-electron chi connectivity index (χ3n) is 13.3. The zero-order valence-electron chi connectivity index (χ0n) is 34.3. The van der Waals surface area contributed by atoms with Crippen molar-refractivity contribution in [3.8, 4) is 5.75 Å². The molecule has 4 aliphatic heterocycles. The fourth-order valence-corrected chi connectivity index (χ4v) is 10.1. The van der Waals surface area contributed by atoms with E-state index < -0.39 is 144 Å². The maximum absolute atomic E-state index is 14.7. The van der Waals surface area contributed by atoms with Crippen molar-refractivity contribution in [3.05, 3.63) is 52.1 Å². The number of phenols is 1. The van der Waals surface area contributed by atoms with E-state index in [1.54, 1.807) is 20.8 Å². The largest absolute Gasteiger partial charge is 0.507 e. The first-order valence-corrected chi connectivity index (χ1v) is 20.9. The molecule has 1 saturated carbocycles. The first-order valence-electron chi connectivity index (χ1n) is 20.9. The highest BCUT2D eigenvalue weighted by molar-refractivity contribution is 6.32. The summed E-state index contributed by atoms with van der Waals surface area (Å²) in [5.74, 6) is -3.03. The molecule has 0 amide bonds. The lowest BCUT2D eigenvalue weighted by Crippen LogP contribution is -2.71. The Bertz CT molecular complexity index is 1930. The molecule has 17 atom stereocenters. The summed E-state index contributed by atoms with van der Waals surface area (Å²) in [5.41, 5.74) is -7.56. The van der Waals surface area contributed by atoms with Gasteiger partial charge in [0.05, 0.1) is 71.7 Å². The summed E-state index contributed by atoms with van der Waals surface area (Å²) in [5, 5.41) is 76.8. The molecule has 7 aliphatic rings. The SMILES string of the molecule is C[C@@H]1O[C@@H](O[C@@H]2C[C@H](c3ccc4c(c3O)C(=O)C3=C(C4=O)[C@@]4(O[C@H]5CC[C@H](O)[C@H](C)O5)C(=O)C[C@@](C)(O)C[C@]4(O)C=C3)O[C@H](C)[C@H]2O)CC[C@@H]1O[C@H]1C[C@@H](O)[C@H](O)[C@@H](C)O1. The molecule has 1 aromatic rings. The third-order valence-corrected chi connectivity index (χ3v) is 13.3. The third kappa shape index (κ3) is 7.42. The first-order chi connectivity index (χ1) is 28.2. The maximum atomic E-state index is 14.7.